The summed E-state index contributed by atoms with van der Waals surface area (Å²) in [6.07, 6.45) is 0. The molecule has 0 atom stereocenters. The Morgan fingerprint density at radius 3 is 2.45 bits per heavy atom. The van der Waals surface area contributed by atoms with Crippen LogP contribution in [0.4, 0.5) is 0 Å². The second kappa shape index (κ2) is 6.68. The monoisotopic (exact) mass is 313 g/mol. The SMILES string of the molecule is CN(Cc1ccc(Cl)cc1)Cc1nnnn1-c1ccccc1. The van der Waals surface area contributed by atoms with Gasteiger partial charge in [-0.15, -0.1) is 5.10 Å². The zero-order valence-electron chi connectivity index (χ0n) is 12.2. The number of tetrazole rings is 1. The van der Waals surface area contributed by atoms with Gasteiger partial charge in [0.15, 0.2) is 5.82 Å². The van der Waals surface area contributed by atoms with Crippen LogP contribution in [0.2, 0.25) is 5.02 Å². The van der Waals surface area contributed by atoms with E-state index < -0.39 is 0 Å². The summed E-state index contributed by atoms with van der Waals surface area (Å²) in [6, 6.07) is 17.7. The van der Waals surface area contributed by atoms with Gasteiger partial charge in [0, 0.05) is 11.6 Å². The van der Waals surface area contributed by atoms with Crippen LogP contribution in [-0.2, 0) is 13.1 Å². The third kappa shape index (κ3) is 3.50. The highest BCUT2D eigenvalue weighted by Crippen LogP contribution is 2.13. The minimum Gasteiger partial charge on any atom is -0.295 e. The summed E-state index contributed by atoms with van der Waals surface area (Å²) in [4.78, 5) is 2.16. The summed E-state index contributed by atoms with van der Waals surface area (Å²) < 4.78 is 1.76. The standard InChI is InChI=1S/C16H16ClN5/c1-21(11-13-7-9-14(17)10-8-13)12-16-18-19-20-22(16)15-5-3-2-4-6-15/h2-10H,11-12H2,1H3. The highest BCUT2D eigenvalue weighted by molar-refractivity contribution is 6.30. The molecule has 1 aromatic heterocycles. The smallest absolute Gasteiger partial charge is 0.170 e. The summed E-state index contributed by atoms with van der Waals surface area (Å²) in [7, 11) is 2.04. The summed E-state index contributed by atoms with van der Waals surface area (Å²) in [5, 5.41) is 12.7. The maximum absolute atomic E-state index is 5.91. The van der Waals surface area contributed by atoms with Crippen LogP contribution in [0.25, 0.3) is 5.69 Å². The zero-order chi connectivity index (χ0) is 15.4. The van der Waals surface area contributed by atoms with Crippen LogP contribution >= 0.6 is 11.6 Å². The molecule has 22 heavy (non-hydrogen) atoms. The van der Waals surface area contributed by atoms with Gasteiger partial charge in [0.1, 0.15) is 0 Å². The van der Waals surface area contributed by atoms with Crippen molar-refractivity contribution in [2.45, 2.75) is 13.1 Å². The highest BCUT2D eigenvalue weighted by Gasteiger charge is 2.11. The van der Waals surface area contributed by atoms with Crippen molar-refractivity contribution in [3.8, 4) is 5.69 Å². The fourth-order valence-corrected chi connectivity index (χ4v) is 2.40. The van der Waals surface area contributed by atoms with E-state index in [2.05, 4.69) is 20.4 Å². The van der Waals surface area contributed by atoms with Crippen molar-refractivity contribution in [3.05, 3.63) is 71.0 Å². The van der Waals surface area contributed by atoms with Gasteiger partial charge >= 0.3 is 0 Å². The number of hydrogen-bond acceptors (Lipinski definition) is 4. The van der Waals surface area contributed by atoms with Gasteiger partial charge in [-0.25, -0.2) is 0 Å². The lowest BCUT2D eigenvalue weighted by atomic mass is 10.2. The van der Waals surface area contributed by atoms with Crippen molar-refractivity contribution in [1.29, 1.82) is 0 Å². The second-order valence-electron chi connectivity index (χ2n) is 5.14. The molecule has 0 fully saturated rings. The number of aromatic nitrogens is 4. The average molecular weight is 314 g/mol. The Balaban J connectivity index is 1.71. The van der Waals surface area contributed by atoms with Crippen LogP contribution in [0.5, 0.6) is 0 Å². The molecule has 0 N–H and O–H groups in total. The van der Waals surface area contributed by atoms with Gasteiger partial charge in [-0.05, 0) is 47.3 Å². The van der Waals surface area contributed by atoms with Gasteiger partial charge in [-0.1, -0.05) is 41.9 Å². The molecule has 3 aromatic rings. The first-order chi connectivity index (χ1) is 10.7. The minimum atomic E-state index is 0.657. The van der Waals surface area contributed by atoms with Crippen LogP contribution in [0.1, 0.15) is 11.4 Å². The molecule has 112 valence electrons. The van der Waals surface area contributed by atoms with E-state index in [1.165, 1.54) is 5.56 Å². The molecule has 0 saturated heterocycles. The Bertz CT molecular complexity index is 724. The third-order valence-electron chi connectivity index (χ3n) is 3.31. The Kier molecular flexibility index (Phi) is 4.46. The van der Waals surface area contributed by atoms with E-state index in [0.29, 0.717) is 6.54 Å². The summed E-state index contributed by atoms with van der Waals surface area (Å²) in [6.45, 7) is 1.46. The van der Waals surface area contributed by atoms with Gasteiger partial charge in [0.25, 0.3) is 0 Å². The molecular weight excluding hydrogens is 298 g/mol. The van der Waals surface area contributed by atoms with Crippen LogP contribution in [0.15, 0.2) is 54.6 Å². The van der Waals surface area contributed by atoms with Crippen molar-refractivity contribution < 1.29 is 0 Å². The lowest BCUT2D eigenvalue weighted by molar-refractivity contribution is 0.307. The van der Waals surface area contributed by atoms with Crippen molar-refractivity contribution in [3.63, 3.8) is 0 Å². The number of benzene rings is 2. The first-order valence-electron chi connectivity index (χ1n) is 6.98. The molecule has 0 bridgehead atoms. The molecule has 2 aromatic carbocycles. The first-order valence-corrected chi connectivity index (χ1v) is 7.36. The molecule has 0 unspecified atom stereocenters. The number of halogens is 1. The van der Waals surface area contributed by atoms with Gasteiger partial charge in [0.05, 0.1) is 12.2 Å². The van der Waals surface area contributed by atoms with Crippen molar-refractivity contribution in [2.75, 3.05) is 7.05 Å². The van der Waals surface area contributed by atoms with E-state index in [1.54, 1.807) is 4.68 Å². The quantitative estimate of drug-likeness (QED) is 0.726. The summed E-state index contributed by atoms with van der Waals surface area (Å²) >= 11 is 5.91. The molecule has 3 rings (SSSR count). The lowest BCUT2D eigenvalue weighted by Crippen LogP contribution is -2.20. The fourth-order valence-electron chi connectivity index (χ4n) is 2.27. The van der Waals surface area contributed by atoms with Gasteiger partial charge < -0.3 is 0 Å². The van der Waals surface area contributed by atoms with E-state index in [-0.39, 0.29) is 0 Å². The average Bonchev–Trinajstić information content (AvgIpc) is 2.98. The Labute approximate surface area is 134 Å². The predicted octanol–water partition coefficient (Wildman–Crippen LogP) is 2.95. The molecule has 0 spiro atoms. The van der Waals surface area contributed by atoms with Crippen LogP contribution in [-0.4, -0.2) is 32.2 Å². The van der Waals surface area contributed by atoms with E-state index in [9.17, 15) is 0 Å². The predicted molar refractivity (Wildman–Crippen MR) is 85.8 cm³/mol. The molecule has 6 heteroatoms. The molecule has 5 nitrogen and oxygen atoms in total. The van der Waals surface area contributed by atoms with Crippen LogP contribution in [0.3, 0.4) is 0 Å². The number of nitrogens with zero attached hydrogens (tertiary/aromatic N) is 5. The van der Waals surface area contributed by atoms with Gasteiger partial charge in [0.2, 0.25) is 0 Å². The molecule has 0 aliphatic carbocycles. The number of rotatable bonds is 5. The number of hydrogen-bond donors (Lipinski definition) is 0. The largest absolute Gasteiger partial charge is 0.295 e. The molecule has 1 heterocycles. The van der Waals surface area contributed by atoms with E-state index in [0.717, 1.165) is 23.1 Å². The molecule has 0 aliphatic heterocycles. The number of para-hydroxylation sites is 1. The zero-order valence-corrected chi connectivity index (χ0v) is 13.0. The minimum absolute atomic E-state index is 0.657. The Hall–Kier alpha value is -2.24. The summed E-state index contributed by atoms with van der Waals surface area (Å²) in [5.74, 6) is 0.808. The molecular formula is C16H16ClN5. The van der Waals surface area contributed by atoms with Gasteiger partial charge in [-0.3, -0.25) is 4.90 Å². The van der Waals surface area contributed by atoms with Crippen LogP contribution < -0.4 is 0 Å². The summed E-state index contributed by atoms with van der Waals surface area (Å²) in [5.41, 5.74) is 2.16. The van der Waals surface area contributed by atoms with E-state index in [4.69, 9.17) is 11.6 Å². The molecule has 0 aliphatic rings. The van der Waals surface area contributed by atoms with Gasteiger partial charge in [-0.2, -0.15) is 4.68 Å². The van der Waals surface area contributed by atoms with Crippen molar-refractivity contribution >= 4 is 11.6 Å². The van der Waals surface area contributed by atoms with Crippen molar-refractivity contribution in [1.82, 2.24) is 25.1 Å². The van der Waals surface area contributed by atoms with Crippen molar-refractivity contribution in [2.24, 2.45) is 0 Å². The molecule has 0 amide bonds. The normalized spacial score (nSPS) is 11.0. The lowest BCUT2D eigenvalue weighted by Gasteiger charge is -2.16. The maximum Gasteiger partial charge on any atom is 0.170 e. The first kappa shape index (κ1) is 14.7. The third-order valence-corrected chi connectivity index (χ3v) is 3.56. The highest BCUT2D eigenvalue weighted by atomic mass is 35.5. The second-order valence-corrected chi connectivity index (χ2v) is 5.58. The molecule has 0 radical (unpaired) electrons. The molecule has 0 saturated carbocycles. The topological polar surface area (TPSA) is 46.8 Å². The Morgan fingerprint density at radius 1 is 1.00 bits per heavy atom. The Morgan fingerprint density at radius 2 is 1.73 bits per heavy atom. The fraction of sp³-hybridized carbons (Fsp3) is 0.188. The maximum atomic E-state index is 5.91. The van der Waals surface area contributed by atoms with E-state index >= 15 is 0 Å². The van der Waals surface area contributed by atoms with E-state index in [1.807, 2.05) is 61.6 Å². The van der Waals surface area contributed by atoms with Crippen LogP contribution in [0, 0.1) is 0 Å².